The van der Waals surface area contributed by atoms with Crippen molar-refractivity contribution < 1.29 is 63.3 Å². The maximum Gasteiger partial charge on any atom is 0.309 e. The number of fused-ring (bicyclic) bond motifs is 10. The molecule has 8 bridgehead atoms. The number of methoxy groups -OCH3 is 1. The van der Waals surface area contributed by atoms with Gasteiger partial charge in [0.1, 0.15) is 51.2 Å². The van der Waals surface area contributed by atoms with E-state index >= 15 is 0 Å². The third-order valence-electron chi connectivity index (χ3n) is 35.1. The smallest absolute Gasteiger partial charge is 0.309 e. The number of phenolic OH excluding ortho intramolecular Hbond substituents is 4. The van der Waals surface area contributed by atoms with Gasteiger partial charge in [-0.25, -0.2) is 0 Å². The van der Waals surface area contributed by atoms with E-state index in [4.69, 9.17) is 44.1 Å². The van der Waals surface area contributed by atoms with E-state index in [1.807, 2.05) is 147 Å². The van der Waals surface area contributed by atoms with Crippen molar-refractivity contribution in [3.8, 4) is 28.7 Å². The standard InChI is InChI=1S/C19H30O2.C18H30O2.C12H22O2.C11H16O.C11H14.C11H16.4C10H14O.C9H18O2.2CH4/c1-4-11(3)18(20)21-19(5-2)10-14-9-15(19)17-13-7-6-12(8-13)16(14)17;1-5-12(2)16(19)20-17(3,4)18-9-13-6-14(10-18)8-15(7-13)11-18;1-4-10(3)11(13)14-12(5-2)8-6-7-9-12;1-4-9(2)10-5-7-11(12-3)8-6-10;1-8-7-10-5-3-4-6-11(10)9(8)2;1-4-10(3)11-7-5-9(2)6-8-11;4*1-3-8(2)9-5-4-6-10(11)7-9;1-6-7(2)8(10)11-9(3,4)5;;/h11-17H,4-10H2,1-3H3;12-15H,5-11H2,1-4H3;10H,4-9H2,1-3H3;5-9H,4H2,1-3H3;3-6,8-9H,7H2,1-2H3;5-8,10H,4H2,1-3H3;4*4-8,11H,3H2,1-2H3;7H,6H2,1-5H3;2*1H4. The first-order chi connectivity index (χ1) is 68.2. The van der Waals surface area contributed by atoms with Gasteiger partial charge in [-0.2, -0.15) is 0 Å². The Morgan fingerprint density at radius 1 is 0.384 bits per heavy atom. The molecule has 0 amide bonds. The Labute approximate surface area is 891 Å². The summed E-state index contributed by atoms with van der Waals surface area (Å²) in [7, 11) is 1.69. The van der Waals surface area contributed by atoms with E-state index in [2.05, 4.69) is 206 Å². The lowest BCUT2D eigenvalue weighted by Crippen LogP contribution is -2.57. The van der Waals surface area contributed by atoms with Crippen molar-refractivity contribution in [3.63, 3.8) is 0 Å². The molecule has 17 rings (SSSR count). The summed E-state index contributed by atoms with van der Waals surface area (Å²) in [6.45, 7) is 63.3. The van der Waals surface area contributed by atoms with Crippen LogP contribution in [0.5, 0.6) is 28.7 Å². The first kappa shape index (κ1) is 130. The average molecular weight is 2020 g/mol. The van der Waals surface area contributed by atoms with Crippen LogP contribution in [-0.2, 0) is 44.5 Å². The number of aromatic hydroxyl groups is 4. The Morgan fingerprint density at radius 2 is 0.740 bits per heavy atom. The first-order valence-corrected chi connectivity index (χ1v) is 57.0. The molecule has 0 heterocycles. The van der Waals surface area contributed by atoms with E-state index in [1.54, 1.807) is 42.5 Å². The van der Waals surface area contributed by atoms with Gasteiger partial charge < -0.3 is 44.1 Å². The van der Waals surface area contributed by atoms with Crippen molar-refractivity contribution in [2.24, 2.45) is 88.3 Å². The molecule has 0 saturated heterocycles. The fourth-order valence-electron chi connectivity index (χ4n) is 23.4. The molecule has 13 heteroatoms. The minimum atomic E-state index is -0.347. The molecule has 4 N–H and O–H groups in total. The van der Waals surface area contributed by atoms with Crippen molar-refractivity contribution in [1.29, 1.82) is 0 Å². The Bertz CT molecular complexity index is 4610. The van der Waals surface area contributed by atoms with Gasteiger partial charge in [-0.3, -0.25) is 19.2 Å². The molecule has 820 valence electrons. The Hall–Kier alpha value is -8.58. The van der Waals surface area contributed by atoms with Gasteiger partial charge >= 0.3 is 23.9 Å². The monoisotopic (exact) mass is 2020 g/mol. The molecule has 0 spiro atoms. The van der Waals surface area contributed by atoms with Gasteiger partial charge in [0.2, 0.25) is 0 Å². The maximum atomic E-state index is 12.4. The molecule has 0 radical (unpaired) electrons. The number of carbonyl (C=O) groups is 4. The number of hydrogen-bond donors (Lipinski definition) is 4. The summed E-state index contributed by atoms with van der Waals surface area (Å²) in [4.78, 5) is 47.5. The van der Waals surface area contributed by atoms with E-state index in [9.17, 15) is 19.2 Å². The van der Waals surface area contributed by atoms with Crippen LogP contribution in [0.4, 0.5) is 0 Å². The van der Waals surface area contributed by atoms with Crippen LogP contribution in [0.1, 0.15) is 481 Å². The lowest BCUT2D eigenvalue weighted by atomic mass is 9.46. The molecule has 7 aromatic rings. The first-order valence-electron chi connectivity index (χ1n) is 57.0. The zero-order chi connectivity index (χ0) is 107. The topological polar surface area (TPSA) is 195 Å². The number of phenols is 4. The lowest BCUT2D eigenvalue weighted by Gasteiger charge is -2.61. The Morgan fingerprint density at radius 3 is 1.09 bits per heavy atom. The van der Waals surface area contributed by atoms with E-state index in [-0.39, 0.29) is 90.2 Å². The third-order valence-corrected chi connectivity index (χ3v) is 35.1. The minimum absolute atomic E-state index is 0. The molecule has 7 aromatic carbocycles. The Kier molecular flexibility index (Phi) is 55.9. The van der Waals surface area contributed by atoms with Crippen molar-refractivity contribution in [2.75, 3.05) is 7.11 Å². The molecule has 0 aliphatic heterocycles. The number of ether oxygens (including phenoxy) is 5. The van der Waals surface area contributed by atoms with Crippen molar-refractivity contribution >= 4 is 23.9 Å². The minimum Gasteiger partial charge on any atom is -0.508 e. The van der Waals surface area contributed by atoms with Crippen molar-refractivity contribution in [1.82, 2.24) is 0 Å². The fourth-order valence-corrected chi connectivity index (χ4v) is 23.4. The molecular weight excluding hydrogens is 1810 g/mol. The van der Waals surface area contributed by atoms with Crippen LogP contribution in [0.3, 0.4) is 0 Å². The number of rotatable bonds is 27. The highest BCUT2D eigenvalue weighted by molar-refractivity contribution is 5.74. The molecule has 19 unspecified atom stereocenters. The van der Waals surface area contributed by atoms with Crippen LogP contribution in [0.15, 0.2) is 170 Å². The zero-order valence-electron chi connectivity index (χ0n) is 96.1. The average Bonchev–Trinajstić information content (AvgIpc) is 1.52. The van der Waals surface area contributed by atoms with E-state index in [0.717, 1.165) is 142 Å². The van der Waals surface area contributed by atoms with Gasteiger partial charge in [0.25, 0.3) is 0 Å². The molecule has 19 atom stereocenters. The van der Waals surface area contributed by atoms with Gasteiger partial charge in [0, 0.05) is 11.3 Å². The highest BCUT2D eigenvalue weighted by atomic mass is 16.6. The number of esters is 4. The number of carbonyl (C=O) groups excluding carboxylic acids is 4. The van der Waals surface area contributed by atoms with Crippen LogP contribution in [0.25, 0.3) is 0 Å². The number of aryl methyl sites for hydroxylation is 1. The summed E-state index contributed by atoms with van der Waals surface area (Å²) in [6, 6.07) is 55.8. The Balaban J connectivity index is 0.000000338. The molecule has 10 aliphatic carbocycles. The highest BCUT2D eigenvalue weighted by Gasteiger charge is 2.68. The zero-order valence-corrected chi connectivity index (χ0v) is 96.1. The van der Waals surface area contributed by atoms with Crippen LogP contribution in [0.2, 0.25) is 0 Å². The molecule has 9 fully saturated rings. The molecule has 146 heavy (non-hydrogen) atoms. The van der Waals surface area contributed by atoms with Crippen molar-refractivity contribution in [3.05, 3.63) is 220 Å². The SMILES string of the molecule is C.C.CC1Cc2ccccc2C1C.CCC(C)C(=O)OC(C)(C)C.CCC(C)C(=O)OC(C)(C)C12CC3CC(CC(C3)C1)C2.CCC(C)C(=O)OC1(CC)CC2CC1C1C3CCC(C3)C21.CCC(C)C(=O)OC1(CC)CCCC1.CCC(C)c1ccc(C)cc1.CCC(C)c1ccc(OC)cc1.CCC(C)c1cccc(O)c1.CCC(C)c1cccc(O)c1.CCC(C)c1cccc(O)c1.CCC(C)c1cccc(O)c1. The summed E-state index contributed by atoms with van der Waals surface area (Å²) in [5.41, 5.74) is 11.6. The second-order valence-corrected chi connectivity index (χ2v) is 46.8. The van der Waals surface area contributed by atoms with Crippen LogP contribution >= 0.6 is 0 Å². The second kappa shape index (κ2) is 62.9. The second-order valence-electron chi connectivity index (χ2n) is 46.8. The summed E-state index contributed by atoms with van der Waals surface area (Å²) < 4.78 is 28.1. The summed E-state index contributed by atoms with van der Waals surface area (Å²) >= 11 is 0. The lowest BCUT2D eigenvalue weighted by molar-refractivity contribution is -0.202. The van der Waals surface area contributed by atoms with Crippen molar-refractivity contribution in [2.45, 2.75) is 466 Å². The molecular formula is C133H210O13. The number of benzene rings is 7. The molecule has 9 saturated carbocycles. The normalized spacial score (nSPS) is 24.2. The third kappa shape index (κ3) is 38.7. The summed E-state index contributed by atoms with van der Waals surface area (Å²) in [6.07, 6.45) is 33.3. The largest absolute Gasteiger partial charge is 0.508 e. The predicted octanol–water partition coefficient (Wildman–Crippen LogP) is 37.3. The fraction of sp³-hybridized carbons (Fsp3) is 0.654. The number of hydrogen-bond acceptors (Lipinski definition) is 13. The van der Waals surface area contributed by atoms with Crippen LogP contribution in [0, 0.1) is 95.2 Å². The van der Waals surface area contributed by atoms with E-state index in [0.29, 0.717) is 64.4 Å². The van der Waals surface area contributed by atoms with E-state index in [1.165, 1.54) is 142 Å². The van der Waals surface area contributed by atoms with Gasteiger partial charge in [-0.1, -0.05) is 296 Å². The molecule has 0 aromatic heterocycles. The van der Waals surface area contributed by atoms with E-state index < -0.39 is 0 Å². The van der Waals surface area contributed by atoms with Crippen LogP contribution < -0.4 is 4.74 Å². The predicted molar refractivity (Wildman–Crippen MR) is 615 cm³/mol. The quantitative estimate of drug-likeness (QED) is 0.0216. The highest BCUT2D eigenvalue weighted by Crippen LogP contribution is 2.71. The van der Waals surface area contributed by atoms with Crippen LogP contribution in [-0.4, -0.2) is 73.8 Å². The summed E-state index contributed by atoms with van der Waals surface area (Å²) in [5, 5.41) is 36.6. The van der Waals surface area contributed by atoms with Gasteiger partial charge in [0.15, 0.2) is 0 Å². The van der Waals surface area contributed by atoms with Gasteiger partial charge in [0.05, 0.1) is 30.8 Å². The van der Waals surface area contributed by atoms with Gasteiger partial charge in [-0.05, 0) is 421 Å². The molecule has 10 aliphatic rings. The summed E-state index contributed by atoms with van der Waals surface area (Å²) in [5.74, 6) is 15.8. The molecule has 13 nitrogen and oxygen atoms in total. The van der Waals surface area contributed by atoms with Gasteiger partial charge in [-0.15, -0.1) is 0 Å². The maximum absolute atomic E-state index is 12.4.